The van der Waals surface area contributed by atoms with Crippen molar-refractivity contribution in [3.8, 4) is 0 Å². The van der Waals surface area contributed by atoms with Gasteiger partial charge in [0.25, 0.3) is 5.91 Å². The number of hydrogen-bond acceptors (Lipinski definition) is 4. The van der Waals surface area contributed by atoms with Crippen molar-refractivity contribution in [1.29, 1.82) is 0 Å². The molecule has 0 spiro atoms. The molecular weight excluding hydrogens is 316 g/mol. The van der Waals surface area contributed by atoms with E-state index in [0.717, 1.165) is 36.2 Å². The third-order valence-corrected chi connectivity index (χ3v) is 6.61. The lowest BCUT2D eigenvalue weighted by Crippen LogP contribution is -2.36. The van der Waals surface area contributed by atoms with Gasteiger partial charge in [-0.3, -0.25) is 9.59 Å². The quantitative estimate of drug-likeness (QED) is 0.851. The number of nitrogens with one attached hydrogen (secondary N) is 1. The maximum atomic E-state index is 12.5. The van der Waals surface area contributed by atoms with Crippen molar-refractivity contribution < 1.29 is 18.0 Å². The van der Waals surface area contributed by atoms with Gasteiger partial charge < -0.3 is 10.2 Å². The summed E-state index contributed by atoms with van der Waals surface area (Å²) in [6, 6.07) is 3.32. The predicted octanol–water partition coefficient (Wildman–Crippen LogP) is 0.439. The van der Waals surface area contributed by atoms with E-state index in [-0.39, 0.29) is 29.4 Å². The van der Waals surface area contributed by atoms with Gasteiger partial charge in [-0.2, -0.15) is 0 Å². The molecule has 2 amide bonds. The van der Waals surface area contributed by atoms with Crippen molar-refractivity contribution in [2.24, 2.45) is 0 Å². The standard InChI is InChI=1S/C16H18N2O4S/c19-14-8-11-7-12(6-10-2-1-4-18(14)15(10)11)16(20)17-13-3-5-23(21,22)9-13/h6-7,13H,1-5,8-9H2,(H,17,20). The SMILES string of the molecule is O=C(NC1CCS(=O)(=O)C1)c1cc2c3c(c1)CC(=O)N3CCC2. The monoisotopic (exact) mass is 334 g/mol. The van der Waals surface area contributed by atoms with Crippen molar-refractivity contribution in [3.05, 3.63) is 28.8 Å². The molecule has 7 heteroatoms. The van der Waals surface area contributed by atoms with Crippen molar-refractivity contribution in [2.75, 3.05) is 23.0 Å². The second-order valence-electron chi connectivity index (χ2n) is 6.54. The summed E-state index contributed by atoms with van der Waals surface area (Å²) in [5, 5.41) is 2.82. The first-order valence-electron chi connectivity index (χ1n) is 7.90. The first kappa shape index (κ1) is 14.7. The average Bonchev–Trinajstić information content (AvgIpc) is 3.00. The highest BCUT2D eigenvalue weighted by atomic mass is 32.2. The molecule has 6 nitrogen and oxygen atoms in total. The number of anilines is 1. The number of nitrogens with zero attached hydrogens (tertiary/aromatic N) is 1. The molecule has 122 valence electrons. The van der Waals surface area contributed by atoms with Gasteiger partial charge in [0.1, 0.15) is 0 Å². The van der Waals surface area contributed by atoms with Gasteiger partial charge >= 0.3 is 0 Å². The van der Waals surface area contributed by atoms with E-state index in [4.69, 9.17) is 0 Å². The van der Waals surface area contributed by atoms with Gasteiger partial charge in [0.15, 0.2) is 9.84 Å². The van der Waals surface area contributed by atoms with E-state index in [1.165, 1.54) is 0 Å². The van der Waals surface area contributed by atoms with Gasteiger partial charge in [0.2, 0.25) is 5.91 Å². The zero-order valence-corrected chi connectivity index (χ0v) is 13.5. The summed E-state index contributed by atoms with van der Waals surface area (Å²) in [6.07, 6.45) is 2.59. The van der Waals surface area contributed by atoms with E-state index in [9.17, 15) is 18.0 Å². The Balaban J connectivity index is 1.60. The Morgan fingerprint density at radius 2 is 2.04 bits per heavy atom. The van der Waals surface area contributed by atoms with Gasteiger partial charge in [-0.25, -0.2) is 8.42 Å². The molecule has 1 saturated heterocycles. The van der Waals surface area contributed by atoms with Crippen LogP contribution >= 0.6 is 0 Å². The van der Waals surface area contributed by atoms with E-state index in [1.807, 2.05) is 11.0 Å². The van der Waals surface area contributed by atoms with E-state index in [0.29, 0.717) is 18.4 Å². The summed E-state index contributed by atoms with van der Waals surface area (Å²) < 4.78 is 23.0. The fourth-order valence-corrected chi connectivity index (χ4v) is 5.46. The molecular formula is C16H18N2O4S. The Morgan fingerprint density at radius 1 is 1.26 bits per heavy atom. The zero-order valence-electron chi connectivity index (χ0n) is 12.7. The van der Waals surface area contributed by atoms with E-state index < -0.39 is 9.84 Å². The van der Waals surface area contributed by atoms with Crippen LogP contribution in [0.25, 0.3) is 0 Å². The lowest BCUT2D eigenvalue weighted by molar-refractivity contribution is -0.117. The smallest absolute Gasteiger partial charge is 0.251 e. The molecule has 1 N–H and O–H groups in total. The summed E-state index contributed by atoms with van der Waals surface area (Å²) in [5.74, 6) is 0.00244. The largest absolute Gasteiger partial charge is 0.348 e. The molecule has 0 radical (unpaired) electrons. The fourth-order valence-electron chi connectivity index (χ4n) is 3.79. The molecule has 4 rings (SSSR count). The predicted molar refractivity (Wildman–Crippen MR) is 85.3 cm³/mol. The van der Waals surface area contributed by atoms with Crippen LogP contribution in [0.5, 0.6) is 0 Å². The summed E-state index contributed by atoms with van der Waals surface area (Å²) in [6.45, 7) is 0.754. The molecule has 3 aliphatic rings. The highest BCUT2D eigenvalue weighted by Crippen LogP contribution is 2.37. The average molecular weight is 334 g/mol. The highest BCUT2D eigenvalue weighted by Gasteiger charge is 2.34. The maximum Gasteiger partial charge on any atom is 0.251 e. The number of benzene rings is 1. The molecule has 1 aromatic rings. The summed E-state index contributed by atoms with van der Waals surface area (Å²) in [7, 11) is -3.02. The van der Waals surface area contributed by atoms with Gasteiger partial charge in [-0.15, -0.1) is 0 Å². The summed E-state index contributed by atoms with van der Waals surface area (Å²) in [5.41, 5.74) is 3.47. The Hall–Kier alpha value is -1.89. The van der Waals surface area contributed by atoms with Crippen molar-refractivity contribution >= 4 is 27.3 Å². The first-order chi connectivity index (χ1) is 10.9. The van der Waals surface area contributed by atoms with E-state index in [1.54, 1.807) is 6.07 Å². The molecule has 1 aromatic carbocycles. The number of sulfone groups is 1. The normalized spacial score (nSPS) is 24.6. The topological polar surface area (TPSA) is 83.5 Å². The number of carbonyl (C=O) groups is 2. The second-order valence-corrected chi connectivity index (χ2v) is 8.77. The van der Waals surface area contributed by atoms with Crippen LogP contribution < -0.4 is 10.2 Å². The number of rotatable bonds is 2. The fraction of sp³-hybridized carbons (Fsp3) is 0.500. The molecule has 3 aliphatic heterocycles. The van der Waals surface area contributed by atoms with Gasteiger partial charge in [-0.05, 0) is 42.5 Å². The van der Waals surface area contributed by atoms with Crippen LogP contribution in [0.4, 0.5) is 5.69 Å². The molecule has 0 saturated carbocycles. The molecule has 0 bridgehead atoms. The molecule has 0 aliphatic carbocycles. The minimum Gasteiger partial charge on any atom is -0.348 e. The van der Waals surface area contributed by atoms with Crippen LogP contribution in [0.1, 0.15) is 34.3 Å². The van der Waals surface area contributed by atoms with Crippen molar-refractivity contribution in [2.45, 2.75) is 31.7 Å². The van der Waals surface area contributed by atoms with Gasteiger partial charge in [-0.1, -0.05) is 0 Å². The Bertz CT molecular complexity index is 816. The molecule has 1 unspecified atom stereocenters. The molecule has 1 atom stereocenters. The zero-order chi connectivity index (χ0) is 16.2. The van der Waals surface area contributed by atoms with E-state index in [2.05, 4.69) is 5.32 Å². The second kappa shape index (κ2) is 5.06. The molecule has 23 heavy (non-hydrogen) atoms. The van der Waals surface area contributed by atoms with Crippen molar-refractivity contribution in [3.63, 3.8) is 0 Å². The Morgan fingerprint density at radius 3 is 2.78 bits per heavy atom. The third kappa shape index (κ3) is 2.52. The maximum absolute atomic E-state index is 12.5. The van der Waals surface area contributed by atoms with Crippen LogP contribution in [0, 0.1) is 0 Å². The number of aryl methyl sites for hydroxylation is 1. The Labute approximate surface area is 134 Å². The minimum absolute atomic E-state index is 0.0167. The lowest BCUT2D eigenvalue weighted by Gasteiger charge is -2.26. The van der Waals surface area contributed by atoms with Gasteiger partial charge in [0.05, 0.1) is 23.6 Å². The number of amides is 2. The van der Waals surface area contributed by atoms with Crippen LogP contribution in [-0.4, -0.2) is 44.3 Å². The van der Waals surface area contributed by atoms with Crippen molar-refractivity contribution in [1.82, 2.24) is 5.32 Å². The number of hydrogen-bond donors (Lipinski definition) is 1. The highest BCUT2D eigenvalue weighted by molar-refractivity contribution is 7.91. The first-order valence-corrected chi connectivity index (χ1v) is 9.72. The van der Waals surface area contributed by atoms with Gasteiger partial charge in [0, 0.05) is 18.2 Å². The van der Waals surface area contributed by atoms with Crippen LogP contribution in [-0.2, 0) is 27.5 Å². The minimum atomic E-state index is -3.02. The molecule has 0 aromatic heterocycles. The van der Waals surface area contributed by atoms with E-state index >= 15 is 0 Å². The third-order valence-electron chi connectivity index (χ3n) is 4.84. The molecule has 3 heterocycles. The van der Waals surface area contributed by atoms with Crippen LogP contribution in [0.15, 0.2) is 12.1 Å². The Kier molecular flexibility index (Phi) is 3.23. The summed E-state index contributed by atoms with van der Waals surface area (Å²) in [4.78, 5) is 26.3. The van der Waals surface area contributed by atoms with Crippen LogP contribution in [0.2, 0.25) is 0 Å². The summed E-state index contributed by atoms with van der Waals surface area (Å²) >= 11 is 0. The lowest BCUT2D eigenvalue weighted by atomic mass is 9.96. The van der Waals surface area contributed by atoms with Crippen LogP contribution in [0.3, 0.4) is 0 Å². The molecule has 1 fully saturated rings. The number of carbonyl (C=O) groups excluding carboxylic acids is 2.